The Morgan fingerprint density at radius 2 is 1.82 bits per heavy atom. The fourth-order valence-corrected chi connectivity index (χ4v) is 7.15. The standard InChI is InChI=1S/C26H27F3N4O5S2/c1-25(2)13-21(19-6-4-17(12-22(19)38-25)40(36,37)32-23-30-14-31-39-23)18-5-3-16(26(27,28)29)11-20(18)15-7-9-33(10-8-15)24(34)35/h3-6,11-12,14-15,21H,7-10,13H2,1-2H3,(H,34,35)(H,30,31,32). The normalized spacial score (nSPS) is 19.5. The Hall–Kier alpha value is -3.39. The van der Waals surface area contributed by atoms with Crippen LogP contribution in [0, 0.1) is 0 Å². The molecule has 9 nitrogen and oxygen atoms in total. The van der Waals surface area contributed by atoms with Gasteiger partial charge < -0.3 is 14.7 Å². The van der Waals surface area contributed by atoms with Crippen molar-refractivity contribution in [2.75, 3.05) is 17.8 Å². The molecule has 214 valence electrons. The van der Waals surface area contributed by atoms with E-state index >= 15 is 0 Å². The third-order valence-corrected chi connectivity index (χ3v) is 9.38. The molecule has 2 aromatic carbocycles. The molecule has 3 heterocycles. The number of fused-ring (bicyclic) bond motifs is 1. The van der Waals surface area contributed by atoms with Crippen molar-refractivity contribution in [2.24, 2.45) is 0 Å². The number of halogens is 3. The van der Waals surface area contributed by atoms with Crippen molar-refractivity contribution in [3.05, 3.63) is 65.0 Å². The molecule has 1 amide bonds. The number of anilines is 1. The van der Waals surface area contributed by atoms with Crippen LogP contribution in [0.3, 0.4) is 0 Å². The van der Waals surface area contributed by atoms with E-state index in [1.54, 1.807) is 6.07 Å². The Morgan fingerprint density at radius 1 is 1.12 bits per heavy atom. The number of amides is 1. The van der Waals surface area contributed by atoms with Crippen molar-refractivity contribution in [2.45, 2.75) is 61.6 Å². The molecule has 1 saturated heterocycles. The lowest BCUT2D eigenvalue weighted by atomic mass is 9.75. The summed E-state index contributed by atoms with van der Waals surface area (Å²) in [5, 5.41) is 9.44. The zero-order valence-electron chi connectivity index (χ0n) is 21.6. The third-order valence-electron chi connectivity index (χ3n) is 7.33. The molecular weight excluding hydrogens is 569 g/mol. The van der Waals surface area contributed by atoms with Gasteiger partial charge in [-0.15, -0.1) is 0 Å². The number of carbonyl (C=O) groups is 1. The SMILES string of the molecule is CC1(C)CC(c2ccc(C(F)(F)F)cc2C2CCN(C(=O)O)CC2)c2ccc(S(=O)(=O)Nc3ncns3)cc2O1. The highest BCUT2D eigenvalue weighted by Crippen LogP contribution is 2.48. The first kappa shape index (κ1) is 28.1. The lowest BCUT2D eigenvalue weighted by Crippen LogP contribution is -2.38. The number of hydrogen-bond donors (Lipinski definition) is 2. The lowest BCUT2D eigenvalue weighted by molar-refractivity contribution is -0.137. The number of sulfonamides is 1. The van der Waals surface area contributed by atoms with Crippen molar-refractivity contribution in [3.8, 4) is 5.75 Å². The molecule has 0 spiro atoms. The second-order valence-electron chi connectivity index (χ2n) is 10.6. The van der Waals surface area contributed by atoms with Gasteiger partial charge in [0.1, 0.15) is 17.7 Å². The van der Waals surface area contributed by atoms with Crippen LogP contribution in [0.1, 0.15) is 67.2 Å². The van der Waals surface area contributed by atoms with Crippen molar-refractivity contribution in [1.82, 2.24) is 14.3 Å². The molecular formula is C26H27F3N4O5S2. The highest BCUT2D eigenvalue weighted by atomic mass is 32.2. The van der Waals surface area contributed by atoms with Gasteiger partial charge in [-0.25, -0.2) is 18.2 Å². The molecule has 1 atom stereocenters. The molecule has 2 N–H and O–H groups in total. The van der Waals surface area contributed by atoms with Gasteiger partial charge in [-0.05, 0) is 68.4 Å². The van der Waals surface area contributed by atoms with Crippen LogP contribution >= 0.6 is 11.5 Å². The summed E-state index contributed by atoms with van der Waals surface area (Å²) < 4.78 is 79.6. The van der Waals surface area contributed by atoms with Gasteiger partial charge in [0, 0.05) is 42.2 Å². The minimum atomic E-state index is -4.54. The van der Waals surface area contributed by atoms with Crippen LogP contribution in [0.5, 0.6) is 5.75 Å². The molecule has 14 heteroatoms. The number of nitrogens with one attached hydrogen (secondary N) is 1. The third kappa shape index (κ3) is 5.73. The van der Waals surface area contributed by atoms with Crippen LogP contribution in [0.2, 0.25) is 0 Å². The van der Waals surface area contributed by atoms with E-state index in [2.05, 4.69) is 14.1 Å². The molecule has 0 bridgehead atoms. The molecule has 2 aliphatic rings. The molecule has 1 fully saturated rings. The van der Waals surface area contributed by atoms with Gasteiger partial charge in [-0.3, -0.25) is 4.72 Å². The molecule has 40 heavy (non-hydrogen) atoms. The van der Waals surface area contributed by atoms with Crippen LogP contribution in [-0.2, 0) is 16.2 Å². The molecule has 1 aromatic heterocycles. The number of ether oxygens (including phenoxy) is 1. The van der Waals surface area contributed by atoms with Crippen molar-refractivity contribution in [3.63, 3.8) is 0 Å². The van der Waals surface area contributed by atoms with Gasteiger partial charge in [-0.1, -0.05) is 12.1 Å². The lowest BCUT2D eigenvalue weighted by Gasteiger charge is -2.40. The number of piperidine rings is 1. The van der Waals surface area contributed by atoms with E-state index in [1.807, 2.05) is 13.8 Å². The monoisotopic (exact) mass is 596 g/mol. The molecule has 0 aliphatic carbocycles. The Balaban J connectivity index is 1.56. The maximum atomic E-state index is 13.8. The average Bonchev–Trinajstić information content (AvgIpc) is 3.39. The van der Waals surface area contributed by atoms with Crippen LogP contribution in [-0.4, -0.2) is 52.6 Å². The van der Waals surface area contributed by atoms with Gasteiger partial charge in [0.2, 0.25) is 5.13 Å². The van der Waals surface area contributed by atoms with E-state index in [9.17, 15) is 31.5 Å². The molecule has 5 rings (SSSR count). The smallest absolute Gasteiger partial charge is 0.416 e. The topological polar surface area (TPSA) is 122 Å². The predicted octanol–water partition coefficient (Wildman–Crippen LogP) is 5.91. The highest BCUT2D eigenvalue weighted by Gasteiger charge is 2.39. The fraction of sp³-hybridized carbons (Fsp3) is 0.423. The number of rotatable bonds is 5. The van der Waals surface area contributed by atoms with Crippen LogP contribution in [0.15, 0.2) is 47.6 Å². The quantitative estimate of drug-likeness (QED) is 0.376. The number of benzene rings is 2. The minimum Gasteiger partial charge on any atom is -0.487 e. The number of alkyl halides is 3. The summed E-state index contributed by atoms with van der Waals surface area (Å²) in [6, 6.07) is 8.24. The second kappa shape index (κ2) is 10.2. The number of aromatic nitrogens is 2. The first-order valence-corrected chi connectivity index (χ1v) is 14.8. The number of hydrogen-bond acceptors (Lipinski definition) is 7. The van der Waals surface area contributed by atoms with E-state index < -0.39 is 33.5 Å². The first-order chi connectivity index (χ1) is 18.7. The molecule has 2 aliphatic heterocycles. The van der Waals surface area contributed by atoms with Crippen molar-refractivity contribution < 1.29 is 36.2 Å². The summed E-state index contributed by atoms with van der Waals surface area (Å²) in [4.78, 5) is 16.5. The average molecular weight is 597 g/mol. The molecule has 3 aromatic rings. The van der Waals surface area contributed by atoms with Crippen molar-refractivity contribution >= 4 is 32.8 Å². The van der Waals surface area contributed by atoms with Crippen LogP contribution in [0.25, 0.3) is 0 Å². The Morgan fingerprint density at radius 3 is 2.45 bits per heavy atom. The number of nitrogens with zero attached hydrogens (tertiary/aromatic N) is 3. The predicted molar refractivity (Wildman–Crippen MR) is 141 cm³/mol. The molecule has 1 unspecified atom stereocenters. The second-order valence-corrected chi connectivity index (χ2v) is 13.0. The Kier molecular flexibility index (Phi) is 7.19. The summed E-state index contributed by atoms with van der Waals surface area (Å²) in [7, 11) is -4.00. The zero-order valence-corrected chi connectivity index (χ0v) is 23.2. The van der Waals surface area contributed by atoms with Gasteiger partial charge in [0.25, 0.3) is 10.0 Å². The summed E-state index contributed by atoms with van der Waals surface area (Å²) in [5.74, 6) is -0.313. The van der Waals surface area contributed by atoms with Gasteiger partial charge >= 0.3 is 12.3 Å². The fourth-order valence-electron chi connectivity index (χ4n) is 5.47. The van der Waals surface area contributed by atoms with E-state index in [-0.39, 0.29) is 35.0 Å². The largest absolute Gasteiger partial charge is 0.487 e. The van der Waals surface area contributed by atoms with Crippen molar-refractivity contribution in [1.29, 1.82) is 0 Å². The highest BCUT2D eigenvalue weighted by molar-refractivity contribution is 7.93. The maximum Gasteiger partial charge on any atom is 0.416 e. The van der Waals surface area contributed by atoms with E-state index in [1.165, 1.54) is 35.5 Å². The Bertz CT molecular complexity index is 1520. The number of likely N-dealkylation sites (tertiary alicyclic amines) is 1. The molecule has 0 radical (unpaired) electrons. The summed E-state index contributed by atoms with van der Waals surface area (Å²) in [5.41, 5.74) is 0.380. The van der Waals surface area contributed by atoms with Gasteiger partial charge in [-0.2, -0.15) is 17.5 Å². The number of carboxylic acid groups (broad SMARTS) is 1. The Labute approximate surface area is 233 Å². The van der Waals surface area contributed by atoms with E-state index in [4.69, 9.17) is 4.74 Å². The maximum absolute atomic E-state index is 13.8. The van der Waals surface area contributed by atoms with Gasteiger partial charge in [0.15, 0.2) is 0 Å². The van der Waals surface area contributed by atoms with E-state index in [0.29, 0.717) is 41.7 Å². The zero-order chi connectivity index (χ0) is 28.9. The molecule has 0 saturated carbocycles. The summed E-state index contributed by atoms with van der Waals surface area (Å²) in [6.07, 6.45) is -3.11. The van der Waals surface area contributed by atoms with Crippen LogP contribution in [0.4, 0.5) is 23.1 Å². The van der Waals surface area contributed by atoms with Crippen LogP contribution < -0.4 is 9.46 Å². The van der Waals surface area contributed by atoms with E-state index in [0.717, 1.165) is 17.6 Å². The van der Waals surface area contributed by atoms with Gasteiger partial charge in [0.05, 0.1) is 10.5 Å². The summed E-state index contributed by atoms with van der Waals surface area (Å²) in [6.45, 7) is 4.15. The first-order valence-electron chi connectivity index (χ1n) is 12.5. The minimum absolute atomic E-state index is 0.0495. The summed E-state index contributed by atoms with van der Waals surface area (Å²) >= 11 is 0.892.